The van der Waals surface area contributed by atoms with Crippen LogP contribution in [-0.2, 0) is 11.2 Å². The fraction of sp³-hybridized carbons (Fsp3) is 0.222. The van der Waals surface area contributed by atoms with Gasteiger partial charge in [-0.05, 0) is 0 Å². The number of aliphatic carboxylic acids is 1. The van der Waals surface area contributed by atoms with E-state index in [1.54, 1.807) is 0 Å². The molecule has 0 saturated heterocycles. The molecule has 1 aromatic carbocycles. The fourth-order valence-corrected chi connectivity index (χ4v) is 1.36. The summed E-state index contributed by atoms with van der Waals surface area (Å²) in [6.45, 7) is 0. The zero-order valence-electron chi connectivity index (χ0n) is 9.22. The van der Waals surface area contributed by atoms with Crippen molar-refractivity contribution in [3.63, 3.8) is 0 Å². The van der Waals surface area contributed by atoms with Crippen molar-refractivity contribution in [2.45, 2.75) is 12.5 Å². The van der Waals surface area contributed by atoms with Crippen LogP contribution in [0.15, 0.2) is 12.1 Å². The molecule has 19 heavy (non-hydrogen) atoms. The van der Waals surface area contributed by atoms with E-state index in [0.29, 0.717) is 6.07 Å². The molecule has 1 unspecified atom stereocenters. The number of carboxylic acids is 1. The molecular weight excluding hydrogens is 264 g/mol. The second-order valence-corrected chi connectivity index (χ2v) is 3.55. The number of nitro groups is 2. The number of nitrogens with zero attached hydrogens (tertiary/aromatic N) is 2. The zero-order chi connectivity index (χ0) is 14.7. The first-order chi connectivity index (χ1) is 8.73. The van der Waals surface area contributed by atoms with Gasteiger partial charge in [-0.2, -0.15) is 0 Å². The lowest BCUT2D eigenvalue weighted by molar-refractivity contribution is -0.394. The van der Waals surface area contributed by atoms with Crippen molar-refractivity contribution in [3.8, 4) is 5.75 Å². The summed E-state index contributed by atoms with van der Waals surface area (Å²) in [5.74, 6) is -2.52. The van der Waals surface area contributed by atoms with Crippen LogP contribution in [0.25, 0.3) is 0 Å². The molecule has 0 aromatic heterocycles. The number of benzene rings is 1. The number of non-ortho nitro benzene ring substituents is 1. The molecule has 0 spiro atoms. The Kier molecular flexibility index (Phi) is 3.97. The SMILES string of the molecule is O=C(O)C(O)Cc1cc([N+](=O)[O-])cc([N+](=O)[O-])c1O. The van der Waals surface area contributed by atoms with Crippen molar-refractivity contribution in [3.05, 3.63) is 37.9 Å². The third-order valence-electron chi connectivity index (χ3n) is 2.26. The summed E-state index contributed by atoms with van der Waals surface area (Å²) in [6, 6.07) is 1.32. The molecule has 10 nitrogen and oxygen atoms in total. The van der Waals surface area contributed by atoms with Gasteiger partial charge in [-0.15, -0.1) is 0 Å². The van der Waals surface area contributed by atoms with E-state index in [-0.39, 0.29) is 0 Å². The van der Waals surface area contributed by atoms with Crippen LogP contribution in [0.3, 0.4) is 0 Å². The van der Waals surface area contributed by atoms with Crippen LogP contribution in [0.1, 0.15) is 5.56 Å². The van der Waals surface area contributed by atoms with Crippen LogP contribution in [0, 0.1) is 20.2 Å². The van der Waals surface area contributed by atoms with Crippen LogP contribution in [-0.4, -0.2) is 37.2 Å². The number of phenols is 1. The number of hydrogen-bond donors (Lipinski definition) is 3. The first-order valence-electron chi connectivity index (χ1n) is 4.79. The highest BCUT2D eigenvalue weighted by Crippen LogP contribution is 2.34. The second kappa shape index (κ2) is 5.27. The maximum Gasteiger partial charge on any atom is 0.332 e. The Labute approximate surface area is 104 Å². The highest BCUT2D eigenvalue weighted by molar-refractivity contribution is 5.73. The molecule has 0 radical (unpaired) electrons. The van der Waals surface area contributed by atoms with Gasteiger partial charge in [0.05, 0.1) is 15.9 Å². The summed E-state index contributed by atoms with van der Waals surface area (Å²) in [5.41, 5.74) is -2.00. The second-order valence-electron chi connectivity index (χ2n) is 3.55. The van der Waals surface area contributed by atoms with E-state index >= 15 is 0 Å². The minimum atomic E-state index is -1.94. The predicted octanol–water partition coefficient (Wildman–Crippen LogP) is 0.197. The van der Waals surface area contributed by atoms with Crippen molar-refractivity contribution in [2.75, 3.05) is 0 Å². The van der Waals surface area contributed by atoms with Crippen LogP contribution in [0.5, 0.6) is 5.75 Å². The van der Waals surface area contributed by atoms with Gasteiger partial charge in [-0.1, -0.05) is 0 Å². The smallest absolute Gasteiger partial charge is 0.332 e. The number of phenolic OH excluding ortho intramolecular Hbond substituents is 1. The number of carboxylic acid groups (broad SMARTS) is 1. The Bertz CT molecular complexity index is 555. The molecule has 0 aliphatic carbocycles. The average Bonchev–Trinajstić information content (AvgIpc) is 2.30. The Morgan fingerprint density at radius 3 is 2.26 bits per heavy atom. The van der Waals surface area contributed by atoms with E-state index in [1.165, 1.54) is 0 Å². The van der Waals surface area contributed by atoms with Gasteiger partial charge in [0.25, 0.3) is 5.69 Å². The van der Waals surface area contributed by atoms with Gasteiger partial charge in [0.1, 0.15) is 0 Å². The summed E-state index contributed by atoms with van der Waals surface area (Å²) in [4.78, 5) is 29.7. The van der Waals surface area contributed by atoms with Crippen molar-refractivity contribution in [2.24, 2.45) is 0 Å². The summed E-state index contributed by atoms with van der Waals surface area (Å²) in [6.07, 6.45) is -2.63. The van der Waals surface area contributed by atoms with Crippen molar-refractivity contribution in [1.82, 2.24) is 0 Å². The molecule has 3 N–H and O–H groups in total. The summed E-state index contributed by atoms with van der Waals surface area (Å²) >= 11 is 0. The van der Waals surface area contributed by atoms with Gasteiger partial charge < -0.3 is 15.3 Å². The van der Waals surface area contributed by atoms with E-state index < -0.39 is 51.0 Å². The van der Waals surface area contributed by atoms with Crippen molar-refractivity contribution in [1.29, 1.82) is 0 Å². The number of rotatable bonds is 5. The largest absolute Gasteiger partial charge is 0.502 e. The number of aromatic hydroxyl groups is 1. The minimum absolute atomic E-state index is 0.393. The van der Waals surface area contributed by atoms with Gasteiger partial charge in [-0.25, -0.2) is 4.79 Å². The third kappa shape index (κ3) is 3.13. The lowest BCUT2D eigenvalue weighted by atomic mass is 10.0. The van der Waals surface area contributed by atoms with Gasteiger partial charge >= 0.3 is 11.7 Å². The lowest BCUT2D eigenvalue weighted by Crippen LogP contribution is -2.22. The van der Waals surface area contributed by atoms with E-state index in [1.807, 2.05) is 0 Å². The molecule has 0 aliphatic heterocycles. The Hall–Kier alpha value is -2.75. The monoisotopic (exact) mass is 272 g/mol. The Morgan fingerprint density at radius 2 is 1.84 bits per heavy atom. The normalized spacial score (nSPS) is 11.8. The molecule has 0 saturated carbocycles. The van der Waals surface area contributed by atoms with Gasteiger partial charge in [0.2, 0.25) is 0 Å². The van der Waals surface area contributed by atoms with Crippen molar-refractivity contribution < 1.29 is 30.0 Å². The number of hydrogen-bond acceptors (Lipinski definition) is 7. The lowest BCUT2D eigenvalue weighted by Gasteiger charge is -2.07. The maximum absolute atomic E-state index is 10.6. The topological polar surface area (TPSA) is 164 Å². The maximum atomic E-state index is 10.6. The molecule has 102 valence electrons. The molecule has 0 aliphatic rings. The Balaban J connectivity index is 3.33. The first-order valence-corrected chi connectivity index (χ1v) is 4.79. The predicted molar refractivity (Wildman–Crippen MR) is 58.8 cm³/mol. The number of carbonyl (C=O) groups is 1. The van der Waals surface area contributed by atoms with Crippen LogP contribution < -0.4 is 0 Å². The highest BCUT2D eigenvalue weighted by Gasteiger charge is 2.26. The van der Waals surface area contributed by atoms with Gasteiger partial charge in [0.15, 0.2) is 11.9 Å². The van der Waals surface area contributed by atoms with Crippen LogP contribution in [0.4, 0.5) is 11.4 Å². The van der Waals surface area contributed by atoms with Crippen LogP contribution >= 0.6 is 0 Å². The standard InChI is InChI=1S/C9H8N2O8/c12-7(9(14)15)2-4-1-5(10(16)17)3-6(8(4)13)11(18)19/h1,3,7,12-13H,2H2,(H,14,15). The van der Waals surface area contributed by atoms with Crippen LogP contribution in [0.2, 0.25) is 0 Å². The first kappa shape index (κ1) is 14.3. The van der Waals surface area contributed by atoms with E-state index in [0.717, 1.165) is 6.07 Å². The van der Waals surface area contributed by atoms with E-state index in [4.69, 9.17) is 10.2 Å². The fourth-order valence-electron chi connectivity index (χ4n) is 1.36. The molecule has 1 aromatic rings. The van der Waals surface area contributed by atoms with E-state index in [2.05, 4.69) is 0 Å². The quantitative estimate of drug-likeness (QED) is 0.505. The number of aliphatic hydroxyl groups excluding tert-OH is 1. The summed E-state index contributed by atoms with van der Waals surface area (Å²) < 4.78 is 0. The molecule has 0 amide bonds. The van der Waals surface area contributed by atoms with E-state index in [9.17, 15) is 30.1 Å². The molecule has 0 bridgehead atoms. The number of aliphatic hydroxyl groups is 1. The molecule has 1 rings (SSSR count). The molecule has 0 fully saturated rings. The Morgan fingerprint density at radius 1 is 1.26 bits per heavy atom. The molecule has 0 heterocycles. The summed E-state index contributed by atoms with van der Waals surface area (Å²) in [5, 5.41) is 48.3. The average molecular weight is 272 g/mol. The molecule has 10 heteroatoms. The summed E-state index contributed by atoms with van der Waals surface area (Å²) in [7, 11) is 0. The highest BCUT2D eigenvalue weighted by atomic mass is 16.6. The van der Waals surface area contributed by atoms with Gasteiger partial charge in [-0.3, -0.25) is 20.2 Å². The number of nitro benzene ring substituents is 2. The molecular formula is C9H8N2O8. The molecule has 1 atom stereocenters. The van der Waals surface area contributed by atoms with Gasteiger partial charge in [0, 0.05) is 18.1 Å². The third-order valence-corrected chi connectivity index (χ3v) is 2.26. The van der Waals surface area contributed by atoms with Crippen molar-refractivity contribution >= 4 is 17.3 Å². The zero-order valence-corrected chi connectivity index (χ0v) is 9.22. The minimum Gasteiger partial charge on any atom is -0.502 e.